The van der Waals surface area contributed by atoms with Gasteiger partial charge in [0.1, 0.15) is 36.7 Å². The molecule has 2 N–H and O–H groups in total. The van der Waals surface area contributed by atoms with Crippen molar-refractivity contribution in [2.24, 2.45) is 7.05 Å². The number of pyridine rings is 1. The highest BCUT2D eigenvalue weighted by atomic mass is 16.5. The summed E-state index contributed by atoms with van der Waals surface area (Å²) in [7, 11) is 5.95. The molecule has 3 aromatic heterocycles. The summed E-state index contributed by atoms with van der Waals surface area (Å²) in [5, 5.41) is 4.42. The van der Waals surface area contributed by atoms with Crippen LogP contribution in [0.25, 0.3) is 5.52 Å². The molecule has 0 amide bonds. The highest BCUT2D eigenvalue weighted by molar-refractivity contribution is 5.87. The van der Waals surface area contributed by atoms with E-state index < -0.39 is 0 Å². The van der Waals surface area contributed by atoms with Gasteiger partial charge in [-0.3, -0.25) is 0 Å². The first-order valence-corrected chi connectivity index (χ1v) is 7.14. The zero-order valence-corrected chi connectivity index (χ0v) is 14.1. The number of hydrogen-bond acceptors (Lipinski definition) is 4. The number of nitrogen functional groups attached to an aromatic ring is 1. The molecule has 0 aromatic carbocycles. The molecule has 3 aromatic rings. The van der Waals surface area contributed by atoms with Gasteiger partial charge >= 0.3 is 0 Å². The molecule has 7 heteroatoms. The molecule has 0 atom stereocenters. The quantitative estimate of drug-likeness (QED) is 0.566. The van der Waals surface area contributed by atoms with Crippen molar-refractivity contribution in [2.75, 3.05) is 31.3 Å². The molecule has 0 saturated heterocycles. The minimum absolute atomic E-state index is 0. The van der Waals surface area contributed by atoms with E-state index in [0.29, 0.717) is 18.2 Å². The second kappa shape index (κ2) is 6.60. The van der Waals surface area contributed by atoms with Crippen LogP contribution in [0.4, 0.5) is 11.4 Å². The first kappa shape index (κ1) is 16.7. The fourth-order valence-corrected chi connectivity index (χ4v) is 2.43. The minimum atomic E-state index is 0. The van der Waals surface area contributed by atoms with Crippen molar-refractivity contribution in [3.05, 3.63) is 44.5 Å². The van der Waals surface area contributed by atoms with Gasteiger partial charge in [0.15, 0.2) is 0 Å². The summed E-state index contributed by atoms with van der Waals surface area (Å²) in [5.41, 5.74) is 8.67. The highest BCUT2D eigenvalue weighted by Crippen LogP contribution is 2.31. The van der Waals surface area contributed by atoms with Crippen LogP contribution in [0.5, 0.6) is 5.88 Å². The smallest absolute Gasteiger partial charge is 0.257 e. The Bertz CT molecular complexity index is 789. The van der Waals surface area contributed by atoms with E-state index in [4.69, 9.17) is 10.5 Å². The van der Waals surface area contributed by atoms with E-state index in [9.17, 15) is 0 Å². The maximum atomic E-state index is 6.22. The van der Waals surface area contributed by atoms with Crippen LogP contribution >= 0.6 is 0 Å². The van der Waals surface area contributed by atoms with Crippen molar-refractivity contribution in [1.82, 2.24) is 14.2 Å². The summed E-state index contributed by atoms with van der Waals surface area (Å²) < 4.78 is 11.6. The minimum Gasteiger partial charge on any atom is -0.471 e. The van der Waals surface area contributed by atoms with Gasteiger partial charge in [-0.25, -0.2) is 13.6 Å². The molecule has 0 bridgehead atoms. The predicted octanol–water partition coefficient (Wildman–Crippen LogP) is 1.14. The Morgan fingerprint density at radius 1 is 1.35 bits per heavy atom. The second-order valence-corrected chi connectivity index (χ2v) is 5.47. The third kappa shape index (κ3) is 3.23. The Labute approximate surface area is 136 Å². The monoisotopic (exact) mass is 316 g/mol. The van der Waals surface area contributed by atoms with E-state index in [2.05, 4.69) is 9.67 Å². The van der Waals surface area contributed by atoms with E-state index in [1.54, 1.807) is 4.52 Å². The van der Waals surface area contributed by atoms with E-state index in [1.807, 2.05) is 67.7 Å². The molecular weight excluding hydrogens is 292 g/mol. The number of anilines is 2. The Balaban J connectivity index is 0.00000192. The number of aromatic nitrogens is 4. The molecule has 0 aliphatic carbocycles. The van der Waals surface area contributed by atoms with E-state index in [0.717, 1.165) is 17.7 Å². The van der Waals surface area contributed by atoms with Crippen molar-refractivity contribution < 1.29 is 9.30 Å². The molecule has 0 radical (unpaired) electrons. The van der Waals surface area contributed by atoms with Gasteiger partial charge in [0, 0.05) is 20.3 Å². The molecule has 0 saturated carbocycles. The molecule has 0 aliphatic heterocycles. The molecular formula is C16H24N6O. The van der Waals surface area contributed by atoms with Gasteiger partial charge in [-0.15, -0.1) is 5.10 Å². The fraction of sp³-hybridized carbons (Fsp3) is 0.312. The van der Waals surface area contributed by atoms with Gasteiger partial charge in [0.05, 0.1) is 12.7 Å². The van der Waals surface area contributed by atoms with Crippen LogP contribution in [-0.4, -0.2) is 34.9 Å². The zero-order valence-electron chi connectivity index (χ0n) is 14.1. The molecule has 0 unspecified atom stereocenters. The van der Waals surface area contributed by atoms with Crippen LogP contribution in [0.15, 0.2) is 37.1 Å². The molecule has 7 nitrogen and oxygen atoms in total. The number of aryl methyl sites for hydroxylation is 1. The fourth-order valence-electron chi connectivity index (χ4n) is 2.43. The summed E-state index contributed by atoms with van der Waals surface area (Å²) in [6.07, 6.45) is 7.86. The van der Waals surface area contributed by atoms with Crippen LogP contribution in [-0.2, 0) is 13.6 Å². The number of nitrogens with two attached hydrogens (primary N) is 1. The predicted molar refractivity (Wildman–Crippen MR) is 91.4 cm³/mol. The first-order valence-electron chi connectivity index (χ1n) is 7.14. The number of imidazole rings is 1. The molecule has 3 heterocycles. The van der Waals surface area contributed by atoms with Gasteiger partial charge < -0.3 is 22.8 Å². The lowest BCUT2D eigenvalue weighted by Gasteiger charge is -2.13. The van der Waals surface area contributed by atoms with Crippen LogP contribution in [0.2, 0.25) is 0 Å². The number of ether oxygens (including phenoxy) is 1. The molecule has 124 valence electrons. The lowest BCUT2D eigenvalue weighted by atomic mass is 10.3. The Kier molecular flexibility index (Phi) is 4.78. The van der Waals surface area contributed by atoms with E-state index >= 15 is 0 Å². The van der Waals surface area contributed by atoms with Gasteiger partial charge in [0.25, 0.3) is 5.88 Å². The summed E-state index contributed by atoms with van der Waals surface area (Å²) in [5.74, 6) is 0.478. The normalized spacial score (nSPS) is 10.6. The molecule has 0 aliphatic rings. The Morgan fingerprint density at radius 3 is 2.78 bits per heavy atom. The molecule has 0 fully saturated rings. The summed E-state index contributed by atoms with van der Waals surface area (Å²) in [6.45, 7) is 1.26. The van der Waals surface area contributed by atoms with Crippen LogP contribution < -0.4 is 19.9 Å². The average molecular weight is 316 g/mol. The van der Waals surface area contributed by atoms with Crippen molar-refractivity contribution in [1.29, 1.82) is 0 Å². The van der Waals surface area contributed by atoms with Crippen molar-refractivity contribution in [3.8, 4) is 5.88 Å². The highest BCUT2D eigenvalue weighted by Gasteiger charge is 2.15. The third-order valence-corrected chi connectivity index (χ3v) is 3.53. The van der Waals surface area contributed by atoms with Crippen LogP contribution in [0, 0.1) is 7.43 Å². The summed E-state index contributed by atoms with van der Waals surface area (Å²) in [6, 6.07) is 3.95. The molecule has 23 heavy (non-hydrogen) atoms. The SMILES string of the molecule is CN(C)c1cccn2nc(OCCn3cc[n+](C)c3)c(N)c12.[CH3-]. The second-order valence-electron chi connectivity index (χ2n) is 5.47. The van der Waals surface area contributed by atoms with Crippen LogP contribution in [0.1, 0.15) is 0 Å². The molecule has 3 rings (SSSR count). The summed E-state index contributed by atoms with van der Waals surface area (Å²) >= 11 is 0. The standard InChI is InChI=1S/C15H21N6O.CH3/c1-18(2)12-5-4-6-21-14(12)13(16)15(17-21)22-10-9-20-8-7-19(3)11-20;/h4-8,11H,9-10,16H2,1-3H3;1H3/q+1;-1. The van der Waals surface area contributed by atoms with E-state index in [-0.39, 0.29) is 7.43 Å². The van der Waals surface area contributed by atoms with Crippen molar-refractivity contribution in [3.63, 3.8) is 0 Å². The zero-order chi connectivity index (χ0) is 15.7. The third-order valence-electron chi connectivity index (χ3n) is 3.53. The van der Waals surface area contributed by atoms with Gasteiger partial charge in [-0.1, -0.05) is 0 Å². The maximum Gasteiger partial charge on any atom is 0.257 e. The van der Waals surface area contributed by atoms with Gasteiger partial charge in [-0.05, 0) is 12.1 Å². The first-order chi connectivity index (χ1) is 10.6. The maximum absolute atomic E-state index is 6.22. The number of hydrogen-bond donors (Lipinski definition) is 1. The van der Waals surface area contributed by atoms with Crippen LogP contribution in [0.3, 0.4) is 0 Å². The van der Waals surface area contributed by atoms with E-state index in [1.165, 1.54) is 0 Å². The van der Waals surface area contributed by atoms with Gasteiger partial charge in [0.2, 0.25) is 6.33 Å². The largest absolute Gasteiger partial charge is 0.471 e. The van der Waals surface area contributed by atoms with Crippen molar-refractivity contribution in [2.45, 2.75) is 6.54 Å². The Hall–Kier alpha value is -2.70. The molecule has 0 spiro atoms. The Morgan fingerprint density at radius 2 is 2.13 bits per heavy atom. The number of fused-ring (bicyclic) bond motifs is 1. The lowest BCUT2D eigenvalue weighted by Crippen LogP contribution is -2.24. The summed E-state index contributed by atoms with van der Waals surface area (Å²) in [4.78, 5) is 2.01. The lowest BCUT2D eigenvalue weighted by molar-refractivity contribution is -0.671. The number of rotatable bonds is 5. The topological polar surface area (TPSA) is 64.6 Å². The average Bonchev–Trinajstić information content (AvgIpc) is 3.03. The number of nitrogens with zero attached hydrogens (tertiary/aromatic N) is 5. The van der Waals surface area contributed by atoms with Crippen molar-refractivity contribution >= 4 is 16.9 Å². The van der Waals surface area contributed by atoms with Gasteiger partial charge in [-0.2, -0.15) is 0 Å².